The van der Waals surface area contributed by atoms with Gasteiger partial charge in [0.15, 0.2) is 0 Å². The van der Waals surface area contributed by atoms with Crippen LogP contribution >= 0.6 is 0 Å². The Balaban J connectivity index is 1.36. The molecule has 1 amide bonds. The molecule has 2 aliphatic rings. The van der Waals surface area contributed by atoms with E-state index < -0.39 is 0 Å². The van der Waals surface area contributed by atoms with Crippen LogP contribution in [0.5, 0.6) is 0 Å². The highest BCUT2D eigenvalue weighted by Gasteiger charge is 2.24. The maximum absolute atomic E-state index is 12.7. The Morgan fingerprint density at radius 1 is 0.867 bits per heavy atom. The molecule has 0 unspecified atom stereocenters. The first-order valence-electron chi connectivity index (χ1n) is 10.9. The Morgan fingerprint density at radius 2 is 1.50 bits per heavy atom. The molecule has 0 atom stereocenters. The predicted octanol–water partition coefficient (Wildman–Crippen LogP) is 1.74. The highest BCUT2D eigenvalue weighted by molar-refractivity contribution is 5.79. The minimum atomic E-state index is 0.196. The molecule has 1 aromatic heterocycles. The first-order chi connectivity index (χ1) is 14.5. The van der Waals surface area contributed by atoms with Gasteiger partial charge in [-0.1, -0.05) is 29.8 Å². The van der Waals surface area contributed by atoms with Crippen molar-refractivity contribution in [3.05, 3.63) is 47.2 Å². The number of likely N-dealkylation sites (N-methyl/N-ethyl adjacent to an activating group) is 1. The van der Waals surface area contributed by atoms with Crippen LogP contribution < -0.4 is 9.80 Å². The van der Waals surface area contributed by atoms with E-state index in [1.54, 1.807) is 0 Å². The average molecular weight is 409 g/mol. The highest BCUT2D eigenvalue weighted by Crippen LogP contribution is 2.20. The maximum Gasteiger partial charge on any atom is 0.227 e. The van der Waals surface area contributed by atoms with Gasteiger partial charge in [0.25, 0.3) is 0 Å². The number of benzene rings is 1. The first-order valence-corrected chi connectivity index (χ1v) is 10.9. The van der Waals surface area contributed by atoms with Crippen LogP contribution in [0.4, 0.5) is 11.8 Å². The molecule has 0 radical (unpaired) electrons. The Morgan fingerprint density at radius 3 is 2.17 bits per heavy atom. The Bertz CT molecular complexity index is 868. The van der Waals surface area contributed by atoms with Crippen molar-refractivity contribution >= 4 is 17.7 Å². The van der Waals surface area contributed by atoms with E-state index in [1.807, 2.05) is 24.0 Å². The summed E-state index contributed by atoms with van der Waals surface area (Å²) in [5.74, 6) is 2.00. The molecular weight excluding hydrogens is 376 g/mol. The van der Waals surface area contributed by atoms with Crippen LogP contribution in [0.2, 0.25) is 0 Å². The molecule has 0 aliphatic carbocycles. The highest BCUT2D eigenvalue weighted by atomic mass is 16.2. The summed E-state index contributed by atoms with van der Waals surface area (Å²) in [5, 5.41) is 0. The number of amides is 1. The van der Waals surface area contributed by atoms with Crippen LogP contribution in [0.15, 0.2) is 30.3 Å². The van der Waals surface area contributed by atoms with Crippen LogP contribution in [0.1, 0.15) is 16.8 Å². The molecular formula is C23H32N6O. The van der Waals surface area contributed by atoms with Crippen molar-refractivity contribution in [2.45, 2.75) is 20.3 Å². The molecule has 0 spiro atoms. The number of carbonyl (C=O) groups excluding carboxylic acids is 1. The zero-order chi connectivity index (χ0) is 21.1. The molecule has 7 nitrogen and oxygen atoms in total. The van der Waals surface area contributed by atoms with Crippen LogP contribution in [-0.4, -0.2) is 85.1 Å². The summed E-state index contributed by atoms with van der Waals surface area (Å²) in [7, 11) is 2.16. The third-order valence-electron chi connectivity index (χ3n) is 6.05. The fourth-order valence-corrected chi connectivity index (χ4v) is 4.02. The zero-order valence-corrected chi connectivity index (χ0v) is 18.3. The van der Waals surface area contributed by atoms with Crippen LogP contribution in [0.25, 0.3) is 0 Å². The number of piperazine rings is 2. The first kappa shape index (κ1) is 20.6. The summed E-state index contributed by atoms with van der Waals surface area (Å²) >= 11 is 0. The van der Waals surface area contributed by atoms with Gasteiger partial charge in [0.1, 0.15) is 5.82 Å². The molecule has 0 bridgehead atoms. The van der Waals surface area contributed by atoms with E-state index in [9.17, 15) is 4.79 Å². The van der Waals surface area contributed by atoms with Gasteiger partial charge in [-0.25, -0.2) is 4.98 Å². The predicted molar refractivity (Wildman–Crippen MR) is 120 cm³/mol. The number of carbonyl (C=O) groups is 1. The molecule has 4 rings (SSSR count). The Labute approximate surface area is 179 Å². The summed E-state index contributed by atoms with van der Waals surface area (Å²) in [4.78, 5) is 31.1. The fraction of sp³-hybridized carbons (Fsp3) is 0.522. The summed E-state index contributed by atoms with van der Waals surface area (Å²) in [5.41, 5.74) is 3.28. The molecule has 0 N–H and O–H groups in total. The molecule has 30 heavy (non-hydrogen) atoms. The topological polar surface area (TPSA) is 55.8 Å². The molecule has 2 fully saturated rings. The Kier molecular flexibility index (Phi) is 6.18. The largest absolute Gasteiger partial charge is 0.354 e. The SMILES string of the molecule is Cc1ccc(CC(=O)N2CCN(c3nc(C)cc(N4CCN(C)CC4)n3)CC2)cc1. The fourth-order valence-electron chi connectivity index (χ4n) is 4.02. The van der Waals surface area contributed by atoms with Gasteiger partial charge in [-0.3, -0.25) is 4.79 Å². The van der Waals surface area contributed by atoms with E-state index in [1.165, 1.54) is 5.56 Å². The van der Waals surface area contributed by atoms with Gasteiger partial charge < -0.3 is 19.6 Å². The summed E-state index contributed by atoms with van der Waals surface area (Å²) in [6.45, 7) is 11.2. The lowest BCUT2D eigenvalue weighted by atomic mass is 10.1. The van der Waals surface area contributed by atoms with Gasteiger partial charge >= 0.3 is 0 Å². The standard InChI is InChI=1S/C23H32N6O/c1-18-4-6-20(7-5-18)17-22(30)28-12-14-29(15-13-28)23-24-19(2)16-21(25-23)27-10-8-26(3)9-11-27/h4-7,16H,8-15,17H2,1-3H3. The van der Waals surface area contributed by atoms with Crippen molar-refractivity contribution in [2.75, 3.05) is 69.2 Å². The molecule has 2 aromatic rings. The minimum absolute atomic E-state index is 0.196. The van der Waals surface area contributed by atoms with Gasteiger partial charge in [-0.05, 0) is 26.5 Å². The maximum atomic E-state index is 12.7. The minimum Gasteiger partial charge on any atom is -0.354 e. The number of anilines is 2. The molecule has 1 aromatic carbocycles. The van der Waals surface area contributed by atoms with Crippen molar-refractivity contribution in [3.63, 3.8) is 0 Å². The van der Waals surface area contributed by atoms with E-state index in [4.69, 9.17) is 4.98 Å². The van der Waals surface area contributed by atoms with Gasteiger partial charge in [-0.2, -0.15) is 4.98 Å². The van der Waals surface area contributed by atoms with E-state index in [-0.39, 0.29) is 5.91 Å². The van der Waals surface area contributed by atoms with Gasteiger partial charge in [0.05, 0.1) is 6.42 Å². The lowest BCUT2D eigenvalue weighted by molar-refractivity contribution is -0.130. The molecule has 0 saturated carbocycles. The number of hydrogen-bond acceptors (Lipinski definition) is 6. The van der Waals surface area contributed by atoms with Crippen molar-refractivity contribution in [3.8, 4) is 0 Å². The molecule has 160 valence electrons. The number of nitrogens with zero attached hydrogens (tertiary/aromatic N) is 6. The van der Waals surface area contributed by atoms with Crippen molar-refractivity contribution in [2.24, 2.45) is 0 Å². The second-order valence-corrected chi connectivity index (χ2v) is 8.49. The van der Waals surface area contributed by atoms with Crippen LogP contribution in [0.3, 0.4) is 0 Å². The van der Waals surface area contributed by atoms with E-state index in [2.05, 4.69) is 51.9 Å². The van der Waals surface area contributed by atoms with E-state index >= 15 is 0 Å². The van der Waals surface area contributed by atoms with Crippen molar-refractivity contribution in [1.82, 2.24) is 19.8 Å². The average Bonchev–Trinajstić information content (AvgIpc) is 2.75. The number of aryl methyl sites for hydroxylation is 2. The van der Waals surface area contributed by atoms with E-state index in [0.717, 1.165) is 62.3 Å². The Hall–Kier alpha value is -2.67. The van der Waals surface area contributed by atoms with Crippen LogP contribution in [-0.2, 0) is 11.2 Å². The van der Waals surface area contributed by atoms with Gasteiger partial charge in [-0.15, -0.1) is 0 Å². The molecule has 7 heteroatoms. The molecule has 3 heterocycles. The number of hydrogen-bond donors (Lipinski definition) is 0. The lowest BCUT2D eigenvalue weighted by Crippen LogP contribution is -2.50. The monoisotopic (exact) mass is 408 g/mol. The van der Waals surface area contributed by atoms with Gasteiger partial charge in [0, 0.05) is 64.1 Å². The quantitative estimate of drug-likeness (QED) is 0.768. The molecule has 2 saturated heterocycles. The smallest absolute Gasteiger partial charge is 0.227 e. The lowest BCUT2D eigenvalue weighted by Gasteiger charge is -2.36. The zero-order valence-electron chi connectivity index (χ0n) is 18.3. The third-order valence-corrected chi connectivity index (χ3v) is 6.05. The summed E-state index contributed by atoms with van der Waals surface area (Å²) < 4.78 is 0. The normalized spacial score (nSPS) is 18.0. The molecule has 2 aliphatic heterocycles. The second kappa shape index (κ2) is 9.00. The number of rotatable bonds is 4. The third kappa shape index (κ3) is 4.90. The van der Waals surface area contributed by atoms with Gasteiger partial charge in [0.2, 0.25) is 11.9 Å². The summed E-state index contributed by atoms with van der Waals surface area (Å²) in [6, 6.07) is 10.3. The number of aromatic nitrogens is 2. The summed E-state index contributed by atoms with van der Waals surface area (Å²) in [6.07, 6.45) is 0.467. The van der Waals surface area contributed by atoms with Crippen molar-refractivity contribution in [1.29, 1.82) is 0 Å². The van der Waals surface area contributed by atoms with Crippen LogP contribution in [0, 0.1) is 13.8 Å². The second-order valence-electron chi connectivity index (χ2n) is 8.49. The van der Waals surface area contributed by atoms with Crippen molar-refractivity contribution < 1.29 is 4.79 Å². The van der Waals surface area contributed by atoms with E-state index in [0.29, 0.717) is 19.5 Å².